The molecule has 1 rings (SSSR count). The maximum absolute atomic E-state index is 10.7. The van der Waals surface area contributed by atoms with Crippen LogP contribution in [-0.4, -0.2) is 13.1 Å². The molecule has 0 heterocycles. The first-order valence-corrected chi connectivity index (χ1v) is 3.64. The summed E-state index contributed by atoms with van der Waals surface area (Å²) in [5.41, 5.74) is 0.989. The molecule has 1 aromatic carbocycles. The van der Waals surface area contributed by atoms with E-state index in [0.29, 0.717) is 0 Å². The topological polar surface area (TPSA) is 26.3 Å². The minimum absolute atomic E-state index is 0. The largest absolute Gasteiger partial charge is 0.466 e. The van der Waals surface area contributed by atoms with E-state index in [1.165, 1.54) is 13.2 Å². The van der Waals surface area contributed by atoms with Crippen LogP contribution in [0.3, 0.4) is 0 Å². The lowest BCUT2D eigenvalue weighted by molar-refractivity contribution is -0.134. The molecule has 0 saturated heterocycles. The van der Waals surface area contributed by atoms with E-state index in [0.717, 1.165) is 5.56 Å². The van der Waals surface area contributed by atoms with Gasteiger partial charge in [-0.2, -0.15) is 0 Å². The van der Waals surface area contributed by atoms with Gasteiger partial charge in [0.1, 0.15) is 0 Å². The zero-order chi connectivity index (χ0) is 8.81. The van der Waals surface area contributed by atoms with Gasteiger partial charge in [0.25, 0.3) is 0 Å². The van der Waals surface area contributed by atoms with E-state index in [9.17, 15) is 4.79 Å². The summed E-state index contributed by atoms with van der Waals surface area (Å²) in [6.07, 6.45) is 3.11. The fraction of sp³-hybridized carbons (Fsp3) is 0.182. The van der Waals surface area contributed by atoms with Crippen molar-refractivity contribution in [2.45, 2.75) is 7.43 Å². The van der Waals surface area contributed by atoms with Crippen LogP contribution in [0.25, 0.3) is 6.08 Å². The van der Waals surface area contributed by atoms with Gasteiger partial charge in [0.05, 0.1) is 7.11 Å². The fourth-order valence-corrected chi connectivity index (χ4v) is 0.796. The third-order valence-corrected chi connectivity index (χ3v) is 1.41. The van der Waals surface area contributed by atoms with Crippen LogP contribution in [0.1, 0.15) is 13.0 Å². The lowest BCUT2D eigenvalue weighted by atomic mass is 10.2. The maximum Gasteiger partial charge on any atom is 0.330 e. The summed E-state index contributed by atoms with van der Waals surface area (Å²) in [7, 11) is 1.36. The van der Waals surface area contributed by atoms with E-state index in [4.69, 9.17) is 0 Å². The Morgan fingerprint density at radius 3 is 2.46 bits per heavy atom. The van der Waals surface area contributed by atoms with Crippen molar-refractivity contribution < 1.29 is 9.53 Å². The minimum Gasteiger partial charge on any atom is -0.466 e. The molecule has 0 N–H and O–H groups in total. The van der Waals surface area contributed by atoms with Gasteiger partial charge in [0, 0.05) is 6.08 Å². The van der Waals surface area contributed by atoms with Crippen LogP contribution in [0.5, 0.6) is 0 Å². The first-order valence-electron chi connectivity index (χ1n) is 3.64. The van der Waals surface area contributed by atoms with Crippen LogP contribution in [0.15, 0.2) is 36.4 Å². The highest BCUT2D eigenvalue weighted by Crippen LogP contribution is 2.00. The lowest BCUT2D eigenvalue weighted by Gasteiger charge is -1.91. The molecule has 0 unspecified atom stereocenters. The second kappa shape index (κ2) is 6.00. The molecule has 2 nitrogen and oxygen atoms in total. The van der Waals surface area contributed by atoms with Crippen LogP contribution < -0.4 is 0 Å². The Balaban J connectivity index is 0.00000144. The quantitative estimate of drug-likeness (QED) is 0.513. The Morgan fingerprint density at radius 1 is 1.31 bits per heavy atom. The van der Waals surface area contributed by atoms with Crippen molar-refractivity contribution >= 4 is 12.0 Å². The number of hydrogen-bond donors (Lipinski definition) is 0. The summed E-state index contributed by atoms with van der Waals surface area (Å²) < 4.78 is 4.45. The monoisotopic (exact) mass is 178 g/mol. The van der Waals surface area contributed by atoms with Crippen LogP contribution >= 0.6 is 0 Å². The first-order chi connectivity index (χ1) is 5.83. The third-order valence-electron chi connectivity index (χ3n) is 1.41. The molecule has 0 spiro atoms. The summed E-state index contributed by atoms with van der Waals surface area (Å²) in [5, 5.41) is 0. The van der Waals surface area contributed by atoms with Gasteiger partial charge < -0.3 is 4.74 Å². The molecule has 13 heavy (non-hydrogen) atoms. The smallest absolute Gasteiger partial charge is 0.330 e. The summed E-state index contributed by atoms with van der Waals surface area (Å²) in [6.45, 7) is 0. The summed E-state index contributed by atoms with van der Waals surface area (Å²) in [4.78, 5) is 10.7. The van der Waals surface area contributed by atoms with Crippen molar-refractivity contribution in [3.63, 3.8) is 0 Å². The van der Waals surface area contributed by atoms with Gasteiger partial charge in [-0.15, -0.1) is 0 Å². The van der Waals surface area contributed by atoms with Crippen LogP contribution in [0.4, 0.5) is 0 Å². The van der Waals surface area contributed by atoms with Gasteiger partial charge in [0.15, 0.2) is 0 Å². The number of carbonyl (C=O) groups is 1. The van der Waals surface area contributed by atoms with Gasteiger partial charge in [-0.05, 0) is 11.6 Å². The van der Waals surface area contributed by atoms with Crippen LogP contribution in [0, 0.1) is 0 Å². The summed E-state index contributed by atoms with van der Waals surface area (Å²) in [5.74, 6) is -0.334. The molecule has 0 fully saturated rings. The lowest BCUT2D eigenvalue weighted by Crippen LogP contribution is -1.92. The SMILES string of the molecule is C.COC(=O)C=Cc1ccccc1. The van der Waals surface area contributed by atoms with E-state index < -0.39 is 0 Å². The summed E-state index contributed by atoms with van der Waals surface area (Å²) in [6, 6.07) is 9.59. The maximum atomic E-state index is 10.7. The average molecular weight is 178 g/mol. The Bertz CT molecular complexity index is 275. The number of benzene rings is 1. The van der Waals surface area contributed by atoms with Gasteiger partial charge in [-0.25, -0.2) is 4.79 Å². The van der Waals surface area contributed by atoms with Crippen molar-refractivity contribution in [3.05, 3.63) is 42.0 Å². The molecular formula is C11H14O2. The normalized spacial score (nSPS) is 9.31. The molecule has 0 aliphatic carbocycles. The minimum atomic E-state index is -0.334. The zero-order valence-electron chi connectivity index (χ0n) is 6.86. The number of rotatable bonds is 2. The van der Waals surface area contributed by atoms with Gasteiger partial charge >= 0.3 is 5.97 Å². The van der Waals surface area contributed by atoms with Crippen LogP contribution in [-0.2, 0) is 9.53 Å². The zero-order valence-corrected chi connectivity index (χ0v) is 6.86. The Labute approximate surface area is 78.8 Å². The standard InChI is InChI=1S/C10H10O2.CH4/c1-12-10(11)8-7-9-5-3-2-4-6-9;/h2-8H,1H3;1H4. The Morgan fingerprint density at radius 2 is 1.92 bits per heavy atom. The van der Waals surface area contributed by atoms with Crippen molar-refractivity contribution in [2.75, 3.05) is 7.11 Å². The highest BCUT2D eigenvalue weighted by atomic mass is 16.5. The highest BCUT2D eigenvalue weighted by Gasteiger charge is 1.89. The summed E-state index contributed by atoms with van der Waals surface area (Å²) >= 11 is 0. The van der Waals surface area contributed by atoms with Crippen LogP contribution in [0.2, 0.25) is 0 Å². The molecular weight excluding hydrogens is 164 g/mol. The third kappa shape index (κ3) is 4.11. The van der Waals surface area contributed by atoms with Crippen molar-refractivity contribution in [2.24, 2.45) is 0 Å². The van der Waals surface area contributed by atoms with E-state index in [-0.39, 0.29) is 13.4 Å². The van der Waals surface area contributed by atoms with E-state index in [2.05, 4.69) is 4.74 Å². The molecule has 0 atom stereocenters. The van der Waals surface area contributed by atoms with Gasteiger partial charge in [-0.1, -0.05) is 37.8 Å². The molecule has 70 valence electrons. The number of esters is 1. The highest BCUT2D eigenvalue weighted by molar-refractivity contribution is 5.86. The number of carbonyl (C=O) groups excluding carboxylic acids is 1. The molecule has 0 radical (unpaired) electrons. The Kier molecular flexibility index (Phi) is 5.28. The Hall–Kier alpha value is -1.57. The average Bonchev–Trinajstić information content (AvgIpc) is 2.16. The number of methoxy groups -OCH3 is 1. The van der Waals surface area contributed by atoms with Gasteiger partial charge in [0.2, 0.25) is 0 Å². The number of ether oxygens (including phenoxy) is 1. The van der Waals surface area contributed by atoms with Crippen molar-refractivity contribution in [1.82, 2.24) is 0 Å². The first kappa shape index (κ1) is 11.4. The van der Waals surface area contributed by atoms with E-state index in [1.807, 2.05) is 30.3 Å². The van der Waals surface area contributed by atoms with Crippen molar-refractivity contribution in [3.8, 4) is 0 Å². The van der Waals surface area contributed by atoms with E-state index in [1.54, 1.807) is 6.08 Å². The predicted octanol–water partition coefficient (Wildman–Crippen LogP) is 2.51. The van der Waals surface area contributed by atoms with E-state index >= 15 is 0 Å². The molecule has 0 aliphatic heterocycles. The fourth-order valence-electron chi connectivity index (χ4n) is 0.796. The molecule has 2 heteroatoms. The molecule has 0 bridgehead atoms. The molecule has 0 aromatic heterocycles. The predicted molar refractivity (Wildman–Crippen MR) is 54.2 cm³/mol. The molecule has 0 aliphatic rings. The molecule has 1 aromatic rings. The second-order valence-corrected chi connectivity index (χ2v) is 2.27. The second-order valence-electron chi connectivity index (χ2n) is 2.27. The number of hydrogen-bond acceptors (Lipinski definition) is 2. The molecule has 0 saturated carbocycles. The molecule has 0 amide bonds. The van der Waals surface area contributed by atoms with Gasteiger partial charge in [-0.3, -0.25) is 0 Å². The van der Waals surface area contributed by atoms with Crippen molar-refractivity contribution in [1.29, 1.82) is 0 Å².